The Kier molecular flexibility index (Phi) is 5.63. The molecule has 2 nitrogen and oxygen atoms in total. The van der Waals surface area contributed by atoms with Gasteiger partial charge in [0.2, 0.25) is 0 Å². The number of carbonyl (C=O) groups excluding carboxylic acids is 1. The van der Waals surface area contributed by atoms with Crippen LogP contribution in [-0.2, 0) is 16.1 Å². The quantitative estimate of drug-likeness (QED) is 0.734. The standard InChI is InChI=1S/C18H26O2/c1-3-16(17-12-8-7-9-14(17)2)18(19)20-13-15-10-5-4-6-11-15/h4-6,10-11,14,16-17H,3,7-9,12-13H2,1-2H3/t14-,16-,17+/m0/s1. The molecular weight excluding hydrogens is 248 g/mol. The summed E-state index contributed by atoms with van der Waals surface area (Å²) < 4.78 is 5.54. The minimum Gasteiger partial charge on any atom is -0.461 e. The van der Waals surface area contributed by atoms with Crippen molar-refractivity contribution < 1.29 is 9.53 Å². The van der Waals surface area contributed by atoms with Crippen molar-refractivity contribution >= 4 is 5.97 Å². The number of carbonyl (C=O) groups is 1. The molecule has 0 bridgehead atoms. The maximum atomic E-state index is 12.4. The summed E-state index contributed by atoms with van der Waals surface area (Å²) in [5.41, 5.74) is 1.06. The molecule has 1 saturated carbocycles. The summed E-state index contributed by atoms with van der Waals surface area (Å²) in [4.78, 5) is 12.4. The molecule has 110 valence electrons. The zero-order valence-electron chi connectivity index (χ0n) is 12.7. The van der Waals surface area contributed by atoms with Gasteiger partial charge in [-0.2, -0.15) is 0 Å². The van der Waals surface area contributed by atoms with Gasteiger partial charge in [-0.1, -0.05) is 63.4 Å². The van der Waals surface area contributed by atoms with Crippen LogP contribution in [0.5, 0.6) is 0 Å². The minimum atomic E-state index is -0.00453. The lowest BCUT2D eigenvalue weighted by atomic mass is 9.72. The Morgan fingerprint density at radius 2 is 1.95 bits per heavy atom. The lowest BCUT2D eigenvalue weighted by Crippen LogP contribution is -2.31. The second-order valence-corrected chi connectivity index (χ2v) is 6.03. The van der Waals surface area contributed by atoms with Crippen molar-refractivity contribution in [3.05, 3.63) is 35.9 Å². The average molecular weight is 274 g/mol. The van der Waals surface area contributed by atoms with Gasteiger partial charge in [0.05, 0.1) is 5.92 Å². The van der Waals surface area contributed by atoms with Crippen LogP contribution in [0.3, 0.4) is 0 Å². The molecular formula is C18H26O2. The SMILES string of the molecule is CC[C@H](C(=O)OCc1ccccc1)[C@@H]1CCCC[C@@H]1C. The molecule has 0 heterocycles. The van der Waals surface area contributed by atoms with Crippen molar-refractivity contribution in [3.8, 4) is 0 Å². The van der Waals surface area contributed by atoms with Crippen LogP contribution in [0.1, 0.15) is 51.5 Å². The molecule has 1 aliphatic rings. The van der Waals surface area contributed by atoms with Gasteiger partial charge in [0.15, 0.2) is 0 Å². The topological polar surface area (TPSA) is 26.3 Å². The Hall–Kier alpha value is -1.31. The molecule has 1 aromatic rings. The number of ether oxygens (including phenoxy) is 1. The molecule has 0 aliphatic heterocycles. The van der Waals surface area contributed by atoms with Crippen molar-refractivity contribution in [2.24, 2.45) is 17.8 Å². The van der Waals surface area contributed by atoms with Crippen LogP contribution in [-0.4, -0.2) is 5.97 Å². The average Bonchev–Trinajstić information content (AvgIpc) is 2.49. The van der Waals surface area contributed by atoms with E-state index in [1.165, 1.54) is 25.7 Å². The van der Waals surface area contributed by atoms with E-state index in [1.54, 1.807) is 0 Å². The number of hydrogen-bond acceptors (Lipinski definition) is 2. The number of hydrogen-bond donors (Lipinski definition) is 0. The van der Waals surface area contributed by atoms with E-state index in [1.807, 2.05) is 30.3 Å². The third kappa shape index (κ3) is 3.84. The highest BCUT2D eigenvalue weighted by Gasteiger charge is 2.33. The normalized spacial score (nSPS) is 24.1. The van der Waals surface area contributed by atoms with Crippen LogP contribution in [0.4, 0.5) is 0 Å². The van der Waals surface area contributed by atoms with E-state index < -0.39 is 0 Å². The summed E-state index contributed by atoms with van der Waals surface area (Å²) in [6, 6.07) is 9.92. The summed E-state index contributed by atoms with van der Waals surface area (Å²) in [6.45, 7) is 4.80. The van der Waals surface area contributed by atoms with Gasteiger partial charge in [0.1, 0.15) is 6.61 Å². The summed E-state index contributed by atoms with van der Waals surface area (Å²) in [6.07, 6.45) is 5.90. The van der Waals surface area contributed by atoms with Crippen LogP contribution in [0.2, 0.25) is 0 Å². The van der Waals surface area contributed by atoms with Crippen LogP contribution in [0.15, 0.2) is 30.3 Å². The molecule has 0 unspecified atom stereocenters. The zero-order valence-corrected chi connectivity index (χ0v) is 12.7. The van der Waals surface area contributed by atoms with Gasteiger partial charge >= 0.3 is 5.97 Å². The Morgan fingerprint density at radius 3 is 2.60 bits per heavy atom. The van der Waals surface area contributed by atoms with Gasteiger partial charge in [-0.25, -0.2) is 0 Å². The highest BCUT2D eigenvalue weighted by atomic mass is 16.5. The molecule has 0 spiro atoms. The second-order valence-electron chi connectivity index (χ2n) is 6.03. The van der Waals surface area contributed by atoms with E-state index in [2.05, 4.69) is 13.8 Å². The van der Waals surface area contributed by atoms with Gasteiger partial charge < -0.3 is 4.74 Å². The Morgan fingerprint density at radius 1 is 1.25 bits per heavy atom. The van der Waals surface area contributed by atoms with Crippen molar-refractivity contribution in [2.45, 2.75) is 52.6 Å². The summed E-state index contributed by atoms with van der Waals surface area (Å²) in [5, 5.41) is 0. The van der Waals surface area contributed by atoms with Crippen molar-refractivity contribution in [3.63, 3.8) is 0 Å². The van der Waals surface area contributed by atoms with Crippen LogP contribution in [0, 0.1) is 17.8 Å². The lowest BCUT2D eigenvalue weighted by Gasteiger charge is -2.33. The third-order valence-electron chi connectivity index (χ3n) is 4.66. The summed E-state index contributed by atoms with van der Waals surface area (Å²) >= 11 is 0. The van der Waals surface area contributed by atoms with Crippen molar-refractivity contribution in [1.29, 1.82) is 0 Å². The molecule has 0 aromatic heterocycles. The van der Waals surface area contributed by atoms with Gasteiger partial charge in [0, 0.05) is 0 Å². The fourth-order valence-electron chi connectivity index (χ4n) is 3.42. The van der Waals surface area contributed by atoms with Crippen molar-refractivity contribution in [1.82, 2.24) is 0 Å². The Bertz CT molecular complexity index is 413. The molecule has 0 N–H and O–H groups in total. The highest BCUT2D eigenvalue weighted by Crippen LogP contribution is 2.37. The monoisotopic (exact) mass is 274 g/mol. The van der Waals surface area contributed by atoms with Crippen LogP contribution >= 0.6 is 0 Å². The maximum absolute atomic E-state index is 12.4. The van der Waals surface area contributed by atoms with E-state index in [0.717, 1.165) is 12.0 Å². The first-order chi connectivity index (χ1) is 9.72. The fourth-order valence-corrected chi connectivity index (χ4v) is 3.42. The van der Waals surface area contributed by atoms with E-state index in [-0.39, 0.29) is 11.9 Å². The van der Waals surface area contributed by atoms with E-state index in [9.17, 15) is 4.79 Å². The number of benzene rings is 1. The van der Waals surface area contributed by atoms with Crippen molar-refractivity contribution in [2.75, 3.05) is 0 Å². The first-order valence-corrected chi connectivity index (χ1v) is 7.93. The number of esters is 1. The highest BCUT2D eigenvalue weighted by molar-refractivity contribution is 5.72. The van der Waals surface area contributed by atoms with Gasteiger partial charge in [-0.3, -0.25) is 4.79 Å². The molecule has 0 amide bonds. The lowest BCUT2D eigenvalue weighted by molar-refractivity contribution is -0.153. The molecule has 1 fully saturated rings. The predicted octanol–water partition coefficient (Wildman–Crippen LogP) is 4.58. The molecule has 3 atom stereocenters. The predicted molar refractivity (Wildman–Crippen MR) is 81.1 cm³/mol. The van der Waals surface area contributed by atoms with Gasteiger partial charge in [0.25, 0.3) is 0 Å². The zero-order chi connectivity index (χ0) is 14.4. The van der Waals surface area contributed by atoms with Crippen LogP contribution in [0.25, 0.3) is 0 Å². The minimum absolute atomic E-state index is 0.00453. The summed E-state index contributed by atoms with van der Waals surface area (Å²) in [7, 11) is 0. The van der Waals surface area contributed by atoms with E-state index >= 15 is 0 Å². The smallest absolute Gasteiger partial charge is 0.309 e. The van der Waals surface area contributed by atoms with E-state index in [0.29, 0.717) is 18.4 Å². The molecule has 0 saturated heterocycles. The fraction of sp³-hybridized carbons (Fsp3) is 0.611. The first kappa shape index (κ1) is 15.1. The molecule has 2 rings (SSSR count). The molecule has 1 aliphatic carbocycles. The maximum Gasteiger partial charge on any atom is 0.309 e. The number of rotatable bonds is 5. The summed E-state index contributed by atoms with van der Waals surface area (Å²) in [5.74, 6) is 1.24. The van der Waals surface area contributed by atoms with Gasteiger partial charge in [-0.05, 0) is 30.2 Å². The largest absolute Gasteiger partial charge is 0.461 e. The van der Waals surface area contributed by atoms with Crippen LogP contribution < -0.4 is 0 Å². The molecule has 0 radical (unpaired) electrons. The Balaban J connectivity index is 1.91. The van der Waals surface area contributed by atoms with Gasteiger partial charge in [-0.15, -0.1) is 0 Å². The molecule has 1 aromatic carbocycles. The van der Waals surface area contributed by atoms with E-state index in [4.69, 9.17) is 4.74 Å². The Labute approximate surface area is 122 Å². The molecule has 2 heteroatoms. The first-order valence-electron chi connectivity index (χ1n) is 7.93. The third-order valence-corrected chi connectivity index (χ3v) is 4.66. The second kappa shape index (κ2) is 7.47. The molecule has 20 heavy (non-hydrogen) atoms.